The molecule has 0 bridgehead atoms. The Kier molecular flexibility index (Phi) is 3.85. The third kappa shape index (κ3) is 2.62. The van der Waals surface area contributed by atoms with Gasteiger partial charge >= 0.3 is 0 Å². The average molecular weight is 271 g/mol. The highest BCUT2D eigenvalue weighted by Crippen LogP contribution is 2.24. The molecule has 1 aliphatic rings. The van der Waals surface area contributed by atoms with Gasteiger partial charge in [-0.05, 0) is 23.1 Å². The van der Waals surface area contributed by atoms with Crippen LogP contribution in [0.15, 0.2) is 30.6 Å². The quantitative estimate of drug-likeness (QED) is 0.909. The van der Waals surface area contributed by atoms with E-state index in [0.29, 0.717) is 6.61 Å². The first-order valence-corrected chi connectivity index (χ1v) is 7.23. The maximum Gasteiger partial charge on any atom is 0.110 e. The van der Waals surface area contributed by atoms with Gasteiger partial charge in [-0.3, -0.25) is 0 Å². The molecule has 20 heavy (non-hydrogen) atoms. The molecule has 1 unspecified atom stereocenters. The van der Waals surface area contributed by atoms with E-state index < -0.39 is 0 Å². The molecule has 2 heterocycles. The van der Waals surface area contributed by atoms with Crippen LogP contribution < -0.4 is 5.73 Å². The summed E-state index contributed by atoms with van der Waals surface area (Å²) in [5, 5.41) is 0. The Bertz CT molecular complexity index is 591. The van der Waals surface area contributed by atoms with Crippen molar-refractivity contribution in [1.82, 2.24) is 9.55 Å². The van der Waals surface area contributed by atoms with Crippen molar-refractivity contribution in [3.8, 4) is 0 Å². The Hall–Kier alpha value is -1.65. The van der Waals surface area contributed by atoms with Crippen molar-refractivity contribution in [3.05, 3.63) is 53.1 Å². The largest absolute Gasteiger partial charge is 0.372 e. The zero-order valence-electron chi connectivity index (χ0n) is 11.9. The van der Waals surface area contributed by atoms with Crippen molar-refractivity contribution < 1.29 is 4.74 Å². The SMILES string of the molecule is CCCn1ccnc1CC(N)c1ccc2c(c1)COC2. The minimum absolute atomic E-state index is 0.0149. The van der Waals surface area contributed by atoms with Crippen molar-refractivity contribution in [3.63, 3.8) is 0 Å². The zero-order chi connectivity index (χ0) is 13.9. The van der Waals surface area contributed by atoms with Gasteiger partial charge in [-0.1, -0.05) is 25.1 Å². The normalized spacial score (nSPS) is 15.3. The van der Waals surface area contributed by atoms with Crippen LogP contribution in [0.2, 0.25) is 0 Å². The summed E-state index contributed by atoms with van der Waals surface area (Å²) >= 11 is 0. The summed E-state index contributed by atoms with van der Waals surface area (Å²) < 4.78 is 7.64. The molecule has 1 aromatic heterocycles. The number of nitrogens with zero attached hydrogens (tertiary/aromatic N) is 2. The van der Waals surface area contributed by atoms with Crippen LogP contribution in [0.4, 0.5) is 0 Å². The van der Waals surface area contributed by atoms with Gasteiger partial charge in [0.1, 0.15) is 5.82 Å². The van der Waals surface area contributed by atoms with Crippen LogP contribution in [-0.2, 0) is 30.9 Å². The lowest BCUT2D eigenvalue weighted by Gasteiger charge is -2.14. The zero-order valence-corrected chi connectivity index (χ0v) is 11.9. The Balaban J connectivity index is 1.75. The second kappa shape index (κ2) is 5.77. The molecule has 1 aliphatic heterocycles. The molecular formula is C16H21N3O. The van der Waals surface area contributed by atoms with E-state index in [1.807, 2.05) is 12.4 Å². The first kappa shape index (κ1) is 13.3. The van der Waals surface area contributed by atoms with Crippen LogP contribution >= 0.6 is 0 Å². The van der Waals surface area contributed by atoms with Gasteiger partial charge < -0.3 is 15.0 Å². The molecule has 0 saturated carbocycles. The first-order valence-electron chi connectivity index (χ1n) is 7.23. The Morgan fingerprint density at radius 1 is 1.35 bits per heavy atom. The summed E-state index contributed by atoms with van der Waals surface area (Å²) in [6, 6.07) is 6.42. The number of benzene rings is 1. The fourth-order valence-electron chi connectivity index (χ4n) is 2.71. The molecule has 0 radical (unpaired) electrons. The number of hydrogen-bond donors (Lipinski definition) is 1. The number of nitrogens with two attached hydrogens (primary N) is 1. The van der Waals surface area contributed by atoms with Gasteiger partial charge in [-0.15, -0.1) is 0 Å². The van der Waals surface area contributed by atoms with E-state index in [4.69, 9.17) is 10.5 Å². The van der Waals surface area contributed by atoms with Crippen LogP contribution in [0, 0.1) is 0 Å². The lowest BCUT2D eigenvalue weighted by atomic mass is 9.99. The lowest BCUT2D eigenvalue weighted by molar-refractivity contribution is 0.134. The molecule has 3 rings (SSSR count). The minimum atomic E-state index is -0.0149. The third-order valence-electron chi connectivity index (χ3n) is 3.84. The standard InChI is InChI=1S/C16H21N3O/c1-2-6-19-7-5-18-16(19)9-15(17)12-3-4-13-10-20-11-14(13)8-12/h3-5,7-8,15H,2,6,9-11,17H2,1H3. The topological polar surface area (TPSA) is 53.1 Å². The molecule has 2 N–H and O–H groups in total. The van der Waals surface area contributed by atoms with E-state index in [1.165, 1.54) is 16.7 Å². The molecule has 4 nitrogen and oxygen atoms in total. The number of rotatable bonds is 5. The highest BCUT2D eigenvalue weighted by Gasteiger charge is 2.15. The smallest absolute Gasteiger partial charge is 0.110 e. The number of fused-ring (bicyclic) bond motifs is 1. The maximum absolute atomic E-state index is 6.35. The van der Waals surface area contributed by atoms with E-state index in [1.54, 1.807) is 0 Å². The number of ether oxygens (including phenoxy) is 1. The van der Waals surface area contributed by atoms with E-state index >= 15 is 0 Å². The highest BCUT2D eigenvalue weighted by atomic mass is 16.5. The van der Waals surface area contributed by atoms with Gasteiger partial charge in [0.25, 0.3) is 0 Å². The molecule has 0 saturated heterocycles. The molecule has 1 aromatic carbocycles. The highest BCUT2D eigenvalue weighted by molar-refractivity contribution is 5.34. The van der Waals surface area contributed by atoms with Gasteiger partial charge in [-0.2, -0.15) is 0 Å². The van der Waals surface area contributed by atoms with Crippen LogP contribution in [0.25, 0.3) is 0 Å². The summed E-state index contributed by atoms with van der Waals surface area (Å²) in [5.41, 5.74) is 10.1. The van der Waals surface area contributed by atoms with Gasteiger partial charge in [0.05, 0.1) is 13.2 Å². The second-order valence-corrected chi connectivity index (χ2v) is 5.37. The van der Waals surface area contributed by atoms with Crippen molar-refractivity contribution >= 4 is 0 Å². The van der Waals surface area contributed by atoms with Gasteiger partial charge in [0, 0.05) is 31.4 Å². The van der Waals surface area contributed by atoms with Crippen molar-refractivity contribution in [2.45, 2.75) is 45.6 Å². The van der Waals surface area contributed by atoms with Crippen LogP contribution in [0.3, 0.4) is 0 Å². The molecule has 0 fully saturated rings. The van der Waals surface area contributed by atoms with Crippen LogP contribution in [0.1, 0.15) is 41.9 Å². The predicted octanol–water partition coefficient (Wildman–Crippen LogP) is 2.57. The average Bonchev–Trinajstić information content (AvgIpc) is 3.07. The fraction of sp³-hybridized carbons (Fsp3) is 0.438. The van der Waals surface area contributed by atoms with E-state index in [-0.39, 0.29) is 6.04 Å². The molecule has 0 spiro atoms. The Morgan fingerprint density at radius 2 is 2.20 bits per heavy atom. The van der Waals surface area contributed by atoms with Crippen LogP contribution in [0.5, 0.6) is 0 Å². The van der Waals surface area contributed by atoms with Crippen molar-refractivity contribution in [1.29, 1.82) is 0 Å². The molecule has 106 valence electrons. The van der Waals surface area contributed by atoms with Gasteiger partial charge in [-0.25, -0.2) is 4.98 Å². The summed E-state index contributed by atoms with van der Waals surface area (Å²) in [6.07, 6.45) is 5.76. The molecular weight excluding hydrogens is 250 g/mol. The Morgan fingerprint density at radius 3 is 3.05 bits per heavy atom. The maximum atomic E-state index is 6.35. The lowest BCUT2D eigenvalue weighted by Crippen LogP contribution is -2.17. The summed E-state index contributed by atoms with van der Waals surface area (Å²) in [7, 11) is 0. The first-order chi connectivity index (χ1) is 9.78. The summed E-state index contributed by atoms with van der Waals surface area (Å²) in [4.78, 5) is 4.43. The molecule has 2 aromatic rings. The Labute approximate surface area is 119 Å². The number of imidazole rings is 1. The molecule has 4 heteroatoms. The second-order valence-electron chi connectivity index (χ2n) is 5.37. The monoisotopic (exact) mass is 271 g/mol. The minimum Gasteiger partial charge on any atom is -0.372 e. The fourth-order valence-corrected chi connectivity index (χ4v) is 2.71. The number of hydrogen-bond acceptors (Lipinski definition) is 3. The number of aryl methyl sites for hydroxylation is 1. The number of aromatic nitrogens is 2. The van der Waals surface area contributed by atoms with Gasteiger partial charge in [0.15, 0.2) is 0 Å². The van der Waals surface area contributed by atoms with Crippen LogP contribution in [-0.4, -0.2) is 9.55 Å². The third-order valence-corrected chi connectivity index (χ3v) is 3.84. The summed E-state index contributed by atoms with van der Waals surface area (Å²) in [5.74, 6) is 1.07. The van der Waals surface area contributed by atoms with Gasteiger partial charge in [0.2, 0.25) is 0 Å². The van der Waals surface area contributed by atoms with Crippen molar-refractivity contribution in [2.24, 2.45) is 5.73 Å². The van der Waals surface area contributed by atoms with E-state index in [0.717, 1.165) is 31.8 Å². The molecule has 0 amide bonds. The predicted molar refractivity (Wildman–Crippen MR) is 78.1 cm³/mol. The van der Waals surface area contributed by atoms with E-state index in [2.05, 4.69) is 34.7 Å². The van der Waals surface area contributed by atoms with E-state index in [9.17, 15) is 0 Å². The molecule has 1 atom stereocenters. The van der Waals surface area contributed by atoms with Crippen molar-refractivity contribution in [2.75, 3.05) is 0 Å². The molecule has 0 aliphatic carbocycles. The summed E-state index contributed by atoms with van der Waals surface area (Å²) in [6.45, 7) is 4.61.